The number of benzene rings is 9. The van der Waals surface area contributed by atoms with E-state index in [0.29, 0.717) is 11.2 Å². The van der Waals surface area contributed by atoms with E-state index in [1.807, 2.05) is 60.7 Å². The second kappa shape index (κ2) is 10.9. The maximum Gasteiger partial charge on any atom is 0.264 e. The van der Waals surface area contributed by atoms with Crippen molar-refractivity contribution in [2.75, 3.05) is 0 Å². The summed E-state index contributed by atoms with van der Waals surface area (Å²) >= 11 is 0. The van der Waals surface area contributed by atoms with Crippen molar-refractivity contribution in [1.29, 1.82) is 0 Å². The van der Waals surface area contributed by atoms with Crippen LogP contribution in [0.4, 0.5) is 0 Å². The van der Waals surface area contributed by atoms with Crippen LogP contribution < -0.4 is 5.56 Å². The number of nitrogens with zero attached hydrogens (tertiary/aromatic N) is 2. The number of pyridine rings is 1. The molecule has 0 radical (unpaired) electrons. The molecule has 0 aliphatic rings. The lowest BCUT2D eigenvalue weighted by atomic mass is 9.91. The molecule has 12 aromatic rings. The molecule has 0 unspecified atom stereocenters. The fourth-order valence-corrected chi connectivity index (χ4v) is 8.88. The number of hydrogen-bond donors (Lipinski definition) is 0. The van der Waals surface area contributed by atoms with Crippen molar-refractivity contribution < 1.29 is 4.42 Å². The van der Waals surface area contributed by atoms with E-state index in [1.54, 1.807) is 4.40 Å². The predicted octanol–water partition coefficient (Wildman–Crippen LogP) is 12.8. The average Bonchev–Trinajstić information content (AvgIpc) is 3.82. The fraction of sp³-hybridized carbons (Fsp3) is 0. The van der Waals surface area contributed by atoms with E-state index < -0.39 is 0 Å². The zero-order chi connectivity index (χ0) is 35.5. The molecule has 0 aliphatic heterocycles. The van der Waals surface area contributed by atoms with Crippen molar-refractivity contribution in [3.05, 3.63) is 180 Å². The van der Waals surface area contributed by atoms with E-state index in [-0.39, 0.29) is 5.56 Å². The summed E-state index contributed by atoms with van der Waals surface area (Å²) in [4.78, 5) is 19.2. The lowest BCUT2D eigenvalue weighted by molar-refractivity contribution is 0.669. The summed E-state index contributed by atoms with van der Waals surface area (Å²) in [5, 5.41) is 12.2. The van der Waals surface area contributed by atoms with Gasteiger partial charge in [-0.25, -0.2) is 4.98 Å². The van der Waals surface area contributed by atoms with Crippen LogP contribution in [0.25, 0.3) is 115 Å². The van der Waals surface area contributed by atoms with Gasteiger partial charge in [0, 0.05) is 27.1 Å². The number of para-hydroxylation sites is 1. The molecule has 4 nitrogen and oxygen atoms in total. The normalized spacial score (nSPS) is 12.1. The summed E-state index contributed by atoms with van der Waals surface area (Å²) in [5.41, 5.74) is 8.54. The number of hydrogen-bond acceptors (Lipinski definition) is 3. The van der Waals surface area contributed by atoms with Gasteiger partial charge in [0.15, 0.2) is 0 Å². The van der Waals surface area contributed by atoms with Crippen LogP contribution in [0.5, 0.6) is 0 Å². The van der Waals surface area contributed by atoms with E-state index >= 15 is 0 Å². The molecule has 0 atom stereocenters. The standard InChI is InChI=1S/C50H28N2O2/c53-50-40-14-6-5-13-37(40)39-15-7-17-44-48(39)52(50)49(51-44)41-16-8-18-46-47(41)43-28-32(24-26-45(43)54-46)30-21-19-29(20-22-30)31-23-25-38-35-11-2-1-9-33(35)34-10-3-4-12-36(34)42(38)27-31/h1-28H. The van der Waals surface area contributed by atoms with Crippen molar-refractivity contribution in [3.8, 4) is 33.6 Å². The molecule has 0 aliphatic carbocycles. The third kappa shape index (κ3) is 4.02. The van der Waals surface area contributed by atoms with Crippen LogP contribution in [-0.2, 0) is 0 Å². The average molecular weight is 689 g/mol. The van der Waals surface area contributed by atoms with Crippen LogP contribution in [0.1, 0.15) is 0 Å². The van der Waals surface area contributed by atoms with Gasteiger partial charge in [-0.15, -0.1) is 0 Å². The van der Waals surface area contributed by atoms with E-state index in [1.165, 1.54) is 43.4 Å². The number of imidazole rings is 1. The number of aromatic nitrogens is 2. The van der Waals surface area contributed by atoms with Crippen molar-refractivity contribution in [1.82, 2.24) is 9.38 Å². The summed E-state index contributed by atoms with van der Waals surface area (Å²) < 4.78 is 8.21. The Morgan fingerprint density at radius 2 is 0.926 bits per heavy atom. The largest absolute Gasteiger partial charge is 0.456 e. The van der Waals surface area contributed by atoms with Gasteiger partial charge in [-0.05, 0) is 96.4 Å². The molecular weight excluding hydrogens is 661 g/mol. The number of rotatable bonds is 3. The lowest BCUT2D eigenvalue weighted by Crippen LogP contribution is -2.14. The molecule has 3 aromatic heterocycles. The van der Waals surface area contributed by atoms with Gasteiger partial charge in [0.25, 0.3) is 5.56 Å². The van der Waals surface area contributed by atoms with Gasteiger partial charge in [-0.3, -0.25) is 9.20 Å². The molecule has 9 aromatic carbocycles. The molecule has 4 heteroatoms. The molecule has 250 valence electrons. The molecule has 0 saturated carbocycles. The Balaban J connectivity index is 0.995. The minimum absolute atomic E-state index is 0.0691. The van der Waals surface area contributed by atoms with Crippen molar-refractivity contribution in [2.45, 2.75) is 0 Å². The third-order valence-electron chi connectivity index (χ3n) is 11.4. The highest BCUT2D eigenvalue weighted by atomic mass is 16.3. The quantitative estimate of drug-likeness (QED) is 0.174. The Kier molecular flexibility index (Phi) is 5.89. The first kappa shape index (κ1) is 29.3. The second-order valence-corrected chi connectivity index (χ2v) is 14.2. The smallest absolute Gasteiger partial charge is 0.264 e. The Bertz CT molecular complexity index is 3540. The molecule has 0 N–H and O–H groups in total. The summed E-state index contributed by atoms with van der Waals surface area (Å²) in [6.45, 7) is 0. The van der Waals surface area contributed by atoms with E-state index in [0.717, 1.165) is 60.4 Å². The lowest BCUT2D eigenvalue weighted by Gasteiger charge is -2.12. The number of fused-ring (bicyclic) bond motifs is 11. The molecule has 0 fully saturated rings. The van der Waals surface area contributed by atoms with Gasteiger partial charge in [-0.2, -0.15) is 0 Å². The van der Waals surface area contributed by atoms with E-state index in [9.17, 15) is 4.79 Å². The highest BCUT2D eigenvalue weighted by molar-refractivity contribution is 6.26. The monoisotopic (exact) mass is 688 g/mol. The zero-order valence-corrected chi connectivity index (χ0v) is 28.9. The third-order valence-corrected chi connectivity index (χ3v) is 11.4. The molecule has 0 saturated heterocycles. The fourth-order valence-electron chi connectivity index (χ4n) is 8.88. The Hall–Kier alpha value is -7.30. The summed E-state index contributed by atoms with van der Waals surface area (Å²) in [5.74, 6) is 0.621. The molecule has 0 bridgehead atoms. The van der Waals surface area contributed by atoms with Gasteiger partial charge in [0.2, 0.25) is 0 Å². The van der Waals surface area contributed by atoms with Gasteiger partial charge >= 0.3 is 0 Å². The van der Waals surface area contributed by atoms with Gasteiger partial charge in [-0.1, -0.05) is 133 Å². The Morgan fingerprint density at radius 3 is 1.61 bits per heavy atom. The molecular formula is C50H28N2O2. The highest BCUT2D eigenvalue weighted by Gasteiger charge is 2.22. The first-order valence-electron chi connectivity index (χ1n) is 18.2. The SMILES string of the molecule is O=c1c2ccccc2c2cccc3nc(-c4cccc5oc6ccc(-c7ccc(-c8ccc9c%10ccccc%10c%10ccccc%10c9c8)cc7)cc6c45)n1c32. The molecule has 12 rings (SSSR count). The van der Waals surface area contributed by atoms with Gasteiger partial charge in [0.05, 0.1) is 11.0 Å². The second-order valence-electron chi connectivity index (χ2n) is 14.2. The summed E-state index contributed by atoms with van der Waals surface area (Å²) in [6.07, 6.45) is 0. The van der Waals surface area contributed by atoms with Crippen LogP contribution in [0.2, 0.25) is 0 Å². The highest BCUT2D eigenvalue weighted by Crippen LogP contribution is 2.41. The van der Waals surface area contributed by atoms with Gasteiger partial charge in [0.1, 0.15) is 17.0 Å². The maximum atomic E-state index is 14.1. The van der Waals surface area contributed by atoms with Crippen LogP contribution >= 0.6 is 0 Å². The zero-order valence-electron chi connectivity index (χ0n) is 28.9. The van der Waals surface area contributed by atoms with Crippen molar-refractivity contribution in [2.24, 2.45) is 0 Å². The van der Waals surface area contributed by atoms with E-state index in [4.69, 9.17) is 9.40 Å². The summed E-state index contributed by atoms with van der Waals surface area (Å²) in [7, 11) is 0. The first-order valence-corrected chi connectivity index (χ1v) is 18.2. The van der Waals surface area contributed by atoms with E-state index in [2.05, 4.69) is 109 Å². The van der Waals surface area contributed by atoms with Crippen molar-refractivity contribution in [3.63, 3.8) is 0 Å². The van der Waals surface area contributed by atoms with Crippen LogP contribution in [0.3, 0.4) is 0 Å². The first-order chi connectivity index (χ1) is 26.7. The van der Waals surface area contributed by atoms with Crippen molar-refractivity contribution >= 4 is 81.4 Å². The molecule has 0 spiro atoms. The van der Waals surface area contributed by atoms with Gasteiger partial charge < -0.3 is 4.42 Å². The number of furan rings is 1. The molecule has 0 amide bonds. The topological polar surface area (TPSA) is 47.5 Å². The molecule has 54 heavy (non-hydrogen) atoms. The molecule has 3 heterocycles. The Labute approximate surface area is 308 Å². The van der Waals surface area contributed by atoms with Crippen LogP contribution in [-0.4, -0.2) is 9.38 Å². The van der Waals surface area contributed by atoms with Crippen LogP contribution in [0, 0.1) is 0 Å². The minimum atomic E-state index is -0.0691. The maximum absolute atomic E-state index is 14.1. The van der Waals surface area contributed by atoms with Crippen LogP contribution in [0.15, 0.2) is 179 Å². The predicted molar refractivity (Wildman–Crippen MR) is 224 cm³/mol. The Morgan fingerprint density at radius 1 is 0.407 bits per heavy atom. The minimum Gasteiger partial charge on any atom is -0.456 e. The summed E-state index contributed by atoms with van der Waals surface area (Å²) in [6, 6.07) is 59.3.